The second-order valence-electron chi connectivity index (χ2n) is 4.76. The van der Waals surface area contributed by atoms with Gasteiger partial charge in [0.25, 0.3) is 0 Å². The maximum atomic E-state index is 12.9. The third kappa shape index (κ3) is 4.78. The summed E-state index contributed by atoms with van der Waals surface area (Å²) in [6, 6.07) is 3.83. The Morgan fingerprint density at radius 1 is 1.24 bits per heavy atom. The second kappa shape index (κ2) is 7.51. The lowest BCUT2D eigenvalue weighted by atomic mass is 10.1. The van der Waals surface area contributed by atoms with Crippen molar-refractivity contribution in [1.29, 1.82) is 0 Å². The van der Waals surface area contributed by atoms with Crippen molar-refractivity contribution in [3.63, 3.8) is 0 Å². The first kappa shape index (κ1) is 17.6. The minimum atomic E-state index is -4.47. The summed E-state index contributed by atoms with van der Waals surface area (Å²) in [7, 11) is 3.10. The smallest absolute Gasteiger partial charge is 0.398 e. The number of nitrogen functional groups attached to an aromatic ring is 1. The van der Waals surface area contributed by atoms with Crippen molar-refractivity contribution in [2.24, 2.45) is 0 Å². The van der Waals surface area contributed by atoms with Crippen LogP contribution in [0.5, 0.6) is 0 Å². The molecule has 0 bridgehead atoms. The van der Waals surface area contributed by atoms with Crippen LogP contribution >= 0.6 is 0 Å². The molecule has 0 radical (unpaired) electrons. The molecule has 0 saturated heterocycles. The number of halogens is 3. The molecule has 1 aromatic carbocycles. The fraction of sp³-hybridized carbons (Fsp3) is 0.571. The Morgan fingerprint density at radius 3 is 2.43 bits per heavy atom. The van der Waals surface area contributed by atoms with Crippen molar-refractivity contribution in [2.45, 2.75) is 19.1 Å². The molecule has 1 aromatic rings. The van der Waals surface area contributed by atoms with Gasteiger partial charge in [-0.3, -0.25) is 0 Å². The van der Waals surface area contributed by atoms with E-state index in [1.54, 1.807) is 20.3 Å². The normalized spacial score (nSPS) is 13.2. The summed E-state index contributed by atoms with van der Waals surface area (Å²) in [6.45, 7) is 3.14. The summed E-state index contributed by atoms with van der Waals surface area (Å²) in [5.41, 5.74) is 4.76. The topological polar surface area (TPSA) is 47.7 Å². The van der Waals surface area contributed by atoms with Gasteiger partial charge in [-0.25, -0.2) is 0 Å². The van der Waals surface area contributed by atoms with E-state index in [-0.39, 0.29) is 11.7 Å². The maximum Gasteiger partial charge on any atom is 0.418 e. The average molecular weight is 306 g/mol. The van der Waals surface area contributed by atoms with Crippen molar-refractivity contribution in [2.75, 3.05) is 44.6 Å². The molecule has 0 heterocycles. The van der Waals surface area contributed by atoms with Gasteiger partial charge >= 0.3 is 6.18 Å². The van der Waals surface area contributed by atoms with Crippen LogP contribution in [0.3, 0.4) is 0 Å². The number of hydrogen-bond donors (Lipinski definition) is 1. The Balaban J connectivity index is 3.12. The number of nitrogens with zero attached hydrogens (tertiary/aromatic N) is 1. The summed E-state index contributed by atoms with van der Waals surface area (Å²) in [5, 5.41) is 0. The summed E-state index contributed by atoms with van der Waals surface area (Å²) in [5.74, 6) is 0. The molecule has 1 rings (SSSR count). The quantitative estimate of drug-likeness (QED) is 0.787. The first-order valence-corrected chi connectivity index (χ1v) is 6.52. The fourth-order valence-corrected chi connectivity index (χ4v) is 2.09. The van der Waals surface area contributed by atoms with E-state index in [0.717, 1.165) is 6.07 Å². The number of rotatable bonds is 7. The highest BCUT2D eigenvalue weighted by Crippen LogP contribution is 2.36. The van der Waals surface area contributed by atoms with Gasteiger partial charge in [0, 0.05) is 38.2 Å². The lowest BCUT2D eigenvalue weighted by Crippen LogP contribution is -2.38. The molecule has 0 aromatic heterocycles. The van der Waals surface area contributed by atoms with Gasteiger partial charge in [0.15, 0.2) is 0 Å². The molecule has 0 saturated carbocycles. The number of ether oxygens (including phenoxy) is 2. The van der Waals surface area contributed by atoms with Crippen molar-refractivity contribution >= 4 is 11.4 Å². The minimum absolute atomic E-state index is 0.0881. The molecule has 4 nitrogen and oxygen atoms in total. The van der Waals surface area contributed by atoms with E-state index in [1.807, 2.05) is 11.8 Å². The first-order valence-electron chi connectivity index (χ1n) is 6.52. The third-order valence-electron chi connectivity index (χ3n) is 3.15. The molecule has 0 aliphatic heterocycles. The monoisotopic (exact) mass is 306 g/mol. The zero-order valence-electron chi connectivity index (χ0n) is 12.4. The van der Waals surface area contributed by atoms with E-state index in [9.17, 15) is 13.2 Å². The number of nitrogens with two attached hydrogens (primary N) is 1. The lowest BCUT2D eigenvalue weighted by Gasteiger charge is -2.31. The van der Waals surface area contributed by atoms with E-state index in [1.165, 1.54) is 6.07 Å². The minimum Gasteiger partial charge on any atom is -0.398 e. The molecule has 2 N–H and O–H groups in total. The van der Waals surface area contributed by atoms with Crippen LogP contribution in [0.25, 0.3) is 0 Å². The standard InChI is InChI=1S/C14H21F3N2O2/c1-10(9-21-3)19(6-7-20-2)11-4-5-13(18)12(8-11)14(15,16)17/h4-5,8,10H,6-7,9,18H2,1-3H3. The van der Waals surface area contributed by atoms with Crippen LogP contribution in [-0.2, 0) is 15.7 Å². The highest BCUT2D eigenvalue weighted by molar-refractivity contribution is 5.60. The highest BCUT2D eigenvalue weighted by atomic mass is 19.4. The van der Waals surface area contributed by atoms with E-state index in [4.69, 9.17) is 15.2 Å². The molecule has 0 spiro atoms. The van der Waals surface area contributed by atoms with Crippen molar-refractivity contribution in [1.82, 2.24) is 0 Å². The van der Waals surface area contributed by atoms with Gasteiger partial charge in [0.1, 0.15) is 0 Å². The molecule has 120 valence electrons. The fourth-order valence-electron chi connectivity index (χ4n) is 2.09. The molecule has 1 atom stereocenters. The Kier molecular flexibility index (Phi) is 6.29. The van der Waals surface area contributed by atoms with E-state index in [0.29, 0.717) is 25.4 Å². The number of anilines is 2. The Labute approximate surface area is 122 Å². The molecule has 0 aliphatic rings. The molecule has 21 heavy (non-hydrogen) atoms. The van der Waals surface area contributed by atoms with Gasteiger partial charge in [-0.05, 0) is 25.1 Å². The summed E-state index contributed by atoms with van der Waals surface area (Å²) in [4.78, 5) is 1.81. The number of benzene rings is 1. The van der Waals surface area contributed by atoms with Crippen LogP contribution in [0.2, 0.25) is 0 Å². The predicted octanol–water partition coefficient (Wildman–Crippen LogP) is 2.78. The number of alkyl halides is 3. The van der Waals surface area contributed by atoms with Gasteiger partial charge in [-0.15, -0.1) is 0 Å². The predicted molar refractivity (Wildman–Crippen MR) is 76.4 cm³/mol. The van der Waals surface area contributed by atoms with Crippen LogP contribution in [0.1, 0.15) is 12.5 Å². The Morgan fingerprint density at radius 2 is 1.90 bits per heavy atom. The zero-order chi connectivity index (χ0) is 16.0. The van der Waals surface area contributed by atoms with Gasteiger partial charge in [0.2, 0.25) is 0 Å². The SMILES string of the molecule is COCCN(c1ccc(N)c(C(F)(F)F)c1)C(C)COC. The number of methoxy groups -OCH3 is 2. The maximum absolute atomic E-state index is 12.9. The highest BCUT2D eigenvalue weighted by Gasteiger charge is 2.33. The molecule has 0 fully saturated rings. The van der Waals surface area contributed by atoms with Crippen molar-refractivity contribution < 1.29 is 22.6 Å². The summed E-state index contributed by atoms with van der Waals surface area (Å²) in [6.07, 6.45) is -4.47. The van der Waals surface area contributed by atoms with Crippen LogP contribution in [-0.4, -0.2) is 40.0 Å². The summed E-state index contributed by atoms with van der Waals surface area (Å²) < 4.78 is 48.9. The van der Waals surface area contributed by atoms with E-state index < -0.39 is 11.7 Å². The molecule has 0 aliphatic carbocycles. The molecule has 7 heteroatoms. The molecular weight excluding hydrogens is 285 g/mol. The van der Waals surface area contributed by atoms with Crippen LogP contribution in [0.15, 0.2) is 18.2 Å². The number of hydrogen-bond acceptors (Lipinski definition) is 4. The van der Waals surface area contributed by atoms with Crippen molar-refractivity contribution in [3.8, 4) is 0 Å². The van der Waals surface area contributed by atoms with Gasteiger partial charge < -0.3 is 20.1 Å². The zero-order valence-corrected chi connectivity index (χ0v) is 12.4. The first-order chi connectivity index (χ1) is 9.81. The average Bonchev–Trinajstić information content (AvgIpc) is 2.39. The Hall–Kier alpha value is -1.47. The molecular formula is C14H21F3N2O2. The lowest BCUT2D eigenvalue weighted by molar-refractivity contribution is -0.136. The van der Waals surface area contributed by atoms with Gasteiger partial charge in [-0.2, -0.15) is 13.2 Å². The van der Waals surface area contributed by atoms with Gasteiger partial charge in [0.05, 0.1) is 18.8 Å². The second-order valence-corrected chi connectivity index (χ2v) is 4.76. The molecule has 0 amide bonds. The Bertz CT molecular complexity index is 452. The van der Waals surface area contributed by atoms with E-state index in [2.05, 4.69) is 0 Å². The van der Waals surface area contributed by atoms with Crippen LogP contribution < -0.4 is 10.6 Å². The van der Waals surface area contributed by atoms with Crippen molar-refractivity contribution in [3.05, 3.63) is 23.8 Å². The largest absolute Gasteiger partial charge is 0.418 e. The van der Waals surface area contributed by atoms with Gasteiger partial charge in [-0.1, -0.05) is 0 Å². The summed E-state index contributed by atoms with van der Waals surface area (Å²) >= 11 is 0. The van der Waals surface area contributed by atoms with Crippen LogP contribution in [0.4, 0.5) is 24.5 Å². The van der Waals surface area contributed by atoms with Crippen LogP contribution in [0, 0.1) is 0 Å². The van der Waals surface area contributed by atoms with E-state index >= 15 is 0 Å². The molecule has 1 unspecified atom stereocenters. The third-order valence-corrected chi connectivity index (χ3v) is 3.15.